The molecule has 0 bridgehead atoms. The normalized spacial score (nSPS) is 22.3. The number of amides is 3. The van der Waals surface area contributed by atoms with Crippen molar-refractivity contribution in [1.82, 2.24) is 5.43 Å². The van der Waals surface area contributed by atoms with Crippen LogP contribution >= 0.6 is 0 Å². The maximum absolute atomic E-state index is 14.7. The second-order valence-electron chi connectivity index (χ2n) is 8.58. The number of hydrogen-bond donors (Lipinski definition) is 2. The number of rotatable bonds is 4. The van der Waals surface area contributed by atoms with Gasteiger partial charge in [-0.15, -0.1) is 0 Å². The van der Waals surface area contributed by atoms with Gasteiger partial charge in [0.15, 0.2) is 0 Å². The SMILES string of the molecule is O=C(Nc1ccc(N2CCOCC2)c(F)c1)c1cccc(N2NC(=O)C3CC=CCC3C2=O)c1. The Bertz CT molecular complexity index is 1160. The lowest BCUT2D eigenvalue weighted by molar-refractivity contribution is -0.139. The Kier molecular flexibility index (Phi) is 6.02. The zero-order valence-electron chi connectivity index (χ0n) is 18.5. The van der Waals surface area contributed by atoms with E-state index < -0.39 is 17.6 Å². The average molecular weight is 464 g/mol. The molecule has 2 unspecified atom stereocenters. The van der Waals surface area contributed by atoms with Gasteiger partial charge in [0.25, 0.3) is 5.91 Å². The first kappa shape index (κ1) is 22.1. The van der Waals surface area contributed by atoms with E-state index in [0.29, 0.717) is 56.2 Å². The van der Waals surface area contributed by atoms with Crippen molar-refractivity contribution in [2.75, 3.05) is 41.5 Å². The Labute approximate surface area is 196 Å². The minimum absolute atomic E-state index is 0.202. The predicted molar refractivity (Wildman–Crippen MR) is 125 cm³/mol. The number of allylic oxidation sites excluding steroid dienone is 2. The molecule has 2 heterocycles. The van der Waals surface area contributed by atoms with Gasteiger partial charge in [-0.25, -0.2) is 9.40 Å². The highest BCUT2D eigenvalue weighted by Crippen LogP contribution is 2.32. The number of fused-ring (bicyclic) bond motifs is 1. The summed E-state index contributed by atoms with van der Waals surface area (Å²) in [5.74, 6) is -2.06. The van der Waals surface area contributed by atoms with E-state index in [4.69, 9.17) is 4.74 Å². The quantitative estimate of drug-likeness (QED) is 0.679. The van der Waals surface area contributed by atoms with Gasteiger partial charge in [0.1, 0.15) is 5.82 Å². The smallest absolute Gasteiger partial charge is 0.255 e. The first-order valence-corrected chi connectivity index (χ1v) is 11.3. The Morgan fingerprint density at radius 2 is 1.79 bits per heavy atom. The summed E-state index contributed by atoms with van der Waals surface area (Å²) in [5.41, 5.74) is 4.13. The molecule has 3 amide bonds. The first-order valence-electron chi connectivity index (χ1n) is 11.3. The molecule has 0 spiro atoms. The van der Waals surface area contributed by atoms with Gasteiger partial charge in [-0.05, 0) is 49.2 Å². The lowest BCUT2D eigenvalue weighted by Crippen LogP contribution is -2.59. The Morgan fingerprint density at radius 1 is 1.03 bits per heavy atom. The molecule has 9 heteroatoms. The van der Waals surface area contributed by atoms with Crippen molar-refractivity contribution in [2.24, 2.45) is 11.8 Å². The lowest BCUT2D eigenvalue weighted by atomic mass is 9.80. The van der Waals surface area contributed by atoms with Crippen molar-refractivity contribution in [3.8, 4) is 0 Å². The summed E-state index contributed by atoms with van der Waals surface area (Å²) in [5, 5.41) is 3.92. The van der Waals surface area contributed by atoms with Crippen LogP contribution in [0.5, 0.6) is 0 Å². The third-order valence-electron chi connectivity index (χ3n) is 6.45. The van der Waals surface area contributed by atoms with Gasteiger partial charge in [0.05, 0.1) is 36.4 Å². The van der Waals surface area contributed by atoms with E-state index in [2.05, 4.69) is 10.7 Å². The molecule has 34 heavy (non-hydrogen) atoms. The van der Waals surface area contributed by atoms with Crippen LogP contribution in [0, 0.1) is 17.7 Å². The van der Waals surface area contributed by atoms with Crippen molar-refractivity contribution >= 4 is 34.8 Å². The maximum atomic E-state index is 14.7. The molecular formula is C25H25FN4O4. The Balaban J connectivity index is 1.31. The van der Waals surface area contributed by atoms with Crippen molar-refractivity contribution in [1.29, 1.82) is 0 Å². The lowest BCUT2D eigenvalue weighted by Gasteiger charge is -2.38. The van der Waals surface area contributed by atoms with Crippen molar-refractivity contribution in [2.45, 2.75) is 12.8 Å². The van der Waals surface area contributed by atoms with Gasteiger partial charge in [-0.2, -0.15) is 0 Å². The molecule has 0 saturated carbocycles. The van der Waals surface area contributed by atoms with E-state index in [0.717, 1.165) is 0 Å². The highest BCUT2D eigenvalue weighted by atomic mass is 19.1. The summed E-state index contributed by atoms with van der Waals surface area (Å²) in [6.07, 6.45) is 4.90. The van der Waals surface area contributed by atoms with E-state index in [1.54, 1.807) is 30.3 Å². The minimum Gasteiger partial charge on any atom is -0.378 e. The van der Waals surface area contributed by atoms with Crippen LogP contribution in [0.4, 0.5) is 21.5 Å². The number of nitrogens with zero attached hydrogens (tertiary/aromatic N) is 2. The number of nitrogens with one attached hydrogen (secondary N) is 2. The Morgan fingerprint density at radius 3 is 2.56 bits per heavy atom. The third-order valence-corrected chi connectivity index (χ3v) is 6.45. The molecule has 1 aliphatic carbocycles. The summed E-state index contributed by atoms with van der Waals surface area (Å²) in [6.45, 7) is 2.32. The van der Waals surface area contributed by atoms with Gasteiger partial charge in [-0.1, -0.05) is 18.2 Å². The van der Waals surface area contributed by atoms with Gasteiger partial charge < -0.3 is 15.0 Å². The number of benzene rings is 2. The predicted octanol–water partition coefficient (Wildman–Crippen LogP) is 2.87. The highest BCUT2D eigenvalue weighted by Gasteiger charge is 2.42. The second kappa shape index (κ2) is 9.26. The number of halogens is 1. The van der Waals surface area contributed by atoms with E-state index in [9.17, 15) is 18.8 Å². The molecule has 2 aliphatic heterocycles. The number of anilines is 3. The molecule has 2 aromatic carbocycles. The fourth-order valence-electron chi connectivity index (χ4n) is 4.62. The second-order valence-corrected chi connectivity index (χ2v) is 8.58. The van der Waals surface area contributed by atoms with Crippen LogP contribution in [0.15, 0.2) is 54.6 Å². The van der Waals surface area contributed by atoms with Gasteiger partial charge in [-0.3, -0.25) is 19.8 Å². The molecule has 0 aromatic heterocycles. The van der Waals surface area contributed by atoms with Crippen LogP contribution in [0.2, 0.25) is 0 Å². The highest BCUT2D eigenvalue weighted by molar-refractivity contribution is 6.07. The monoisotopic (exact) mass is 464 g/mol. The third kappa shape index (κ3) is 4.26. The molecule has 2 fully saturated rings. The van der Waals surface area contributed by atoms with Crippen molar-refractivity contribution < 1.29 is 23.5 Å². The number of carbonyl (C=O) groups excluding carboxylic acids is 3. The molecular weight excluding hydrogens is 439 g/mol. The van der Waals surface area contributed by atoms with Gasteiger partial charge >= 0.3 is 0 Å². The van der Waals surface area contributed by atoms with E-state index >= 15 is 0 Å². The largest absolute Gasteiger partial charge is 0.378 e. The zero-order valence-corrected chi connectivity index (χ0v) is 18.5. The molecule has 3 aliphatic rings. The van der Waals surface area contributed by atoms with E-state index in [-0.39, 0.29) is 23.3 Å². The average Bonchev–Trinajstić information content (AvgIpc) is 2.87. The Hall–Kier alpha value is -3.72. The van der Waals surface area contributed by atoms with Crippen molar-refractivity contribution in [3.63, 3.8) is 0 Å². The van der Waals surface area contributed by atoms with Gasteiger partial charge in [0.2, 0.25) is 11.8 Å². The number of carbonyl (C=O) groups is 3. The number of ether oxygens (including phenoxy) is 1. The minimum atomic E-state index is -0.449. The van der Waals surface area contributed by atoms with Crippen LogP contribution in [0.3, 0.4) is 0 Å². The fraction of sp³-hybridized carbons (Fsp3) is 0.320. The van der Waals surface area contributed by atoms with Gasteiger partial charge in [0, 0.05) is 24.3 Å². The standard InChI is InChI=1S/C25H25FN4O4/c26-21-15-17(8-9-22(21)29-10-12-34-13-11-29)27-23(31)16-4-3-5-18(14-16)30-25(33)20-7-2-1-6-19(20)24(32)28-30/h1-5,8-9,14-15,19-20H,6-7,10-13H2,(H,27,31)(H,28,32). The molecule has 2 saturated heterocycles. The van der Waals surface area contributed by atoms with E-state index in [1.807, 2.05) is 17.1 Å². The summed E-state index contributed by atoms with van der Waals surface area (Å²) < 4.78 is 20.0. The maximum Gasteiger partial charge on any atom is 0.255 e. The number of hydrazine groups is 1. The molecule has 176 valence electrons. The molecule has 5 rings (SSSR count). The van der Waals surface area contributed by atoms with Crippen LogP contribution < -0.4 is 20.7 Å². The van der Waals surface area contributed by atoms with Crippen LogP contribution in [0.25, 0.3) is 0 Å². The fourth-order valence-corrected chi connectivity index (χ4v) is 4.62. The summed E-state index contributed by atoms with van der Waals surface area (Å²) >= 11 is 0. The molecule has 0 radical (unpaired) electrons. The van der Waals surface area contributed by atoms with Crippen LogP contribution in [-0.4, -0.2) is 44.0 Å². The summed E-state index contributed by atoms with van der Waals surface area (Å²) in [4.78, 5) is 40.3. The summed E-state index contributed by atoms with van der Waals surface area (Å²) in [6, 6.07) is 11.0. The van der Waals surface area contributed by atoms with E-state index in [1.165, 1.54) is 17.1 Å². The van der Waals surface area contributed by atoms with Crippen LogP contribution in [-0.2, 0) is 14.3 Å². The summed E-state index contributed by atoms with van der Waals surface area (Å²) in [7, 11) is 0. The zero-order chi connectivity index (χ0) is 23.7. The first-order chi connectivity index (χ1) is 16.5. The number of morpholine rings is 1. The molecule has 2 atom stereocenters. The van der Waals surface area contributed by atoms with Crippen molar-refractivity contribution in [3.05, 3.63) is 66.0 Å². The van der Waals surface area contributed by atoms with Crippen LogP contribution in [0.1, 0.15) is 23.2 Å². The number of hydrogen-bond acceptors (Lipinski definition) is 5. The molecule has 2 aromatic rings. The molecule has 8 nitrogen and oxygen atoms in total. The topological polar surface area (TPSA) is 91.0 Å². The molecule has 2 N–H and O–H groups in total.